The third-order valence-electron chi connectivity index (χ3n) is 6.02. The number of hydrogen-bond acceptors (Lipinski definition) is 4. The van der Waals surface area contributed by atoms with Gasteiger partial charge in [0, 0.05) is 5.56 Å². The van der Waals surface area contributed by atoms with Gasteiger partial charge in [-0.2, -0.15) is 0 Å². The van der Waals surface area contributed by atoms with Crippen molar-refractivity contribution in [3.63, 3.8) is 0 Å². The van der Waals surface area contributed by atoms with Gasteiger partial charge in [0.1, 0.15) is 18.7 Å². The lowest BCUT2D eigenvalue weighted by molar-refractivity contribution is -0.149. The SMILES string of the molecule is CC(C)(C)C1CCC2(CC1)NC(=O)N(CC(=O)OCc1cccc(F)c1F)C2=O. The molecular formula is C21H26F2N2O4. The fourth-order valence-corrected chi connectivity index (χ4v) is 4.13. The molecule has 1 heterocycles. The van der Waals surface area contributed by atoms with E-state index in [4.69, 9.17) is 4.74 Å². The van der Waals surface area contributed by atoms with Gasteiger partial charge >= 0.3 is 12.0 Å². The quantitative estimate of drug-likeness (QED) is 0.611. The second kappa shape index (κ2) is 7.72. The molecular weight excluding hydrogens is 382 g/mol. The van der Waals surface area contributed by atoms with Crippen LogP contribution in [-0.4, -0.2) is 34.9 Å². The van der Waals surface area contributed by atoms with E-state index in [-0.39, 0.29) is 11.0 Å². The minimum Gasteiger partial charge on any atom is -0.459 e. The van der Waals surface area contributed by atoms with Gasteiger partial charge in [-0.15, -0.1) is 0 Å². The number of amides is 3. The molecule has 1 aliphatic carbocycles. The number of halogens is 2. The number of hydrogen-bond donors (Lipinski definition) is 1. The fourth-order valence-electron chi connectivity index (χ4n) is 4.13. The summed E-state index contributed by atoms with van der Waals surface area (Å²) in [7, 11) is 0. The van der Waals surface area contributed by atoms with Gasteiger partial charge in [-0.1, -0.05) is 32.9 Å². The third-order valence-corrected chi connectivity index (χ3v) is 6.02. The summed E-state index contributed by atoms with van der Waals surface area (Å²) in [4.78, 5) is 38.2. The van der Waals surface area contributed by atoms with Crippen LogP contribution in [0.4, 0.5) is 13.6 Å². The summed E-state index contributed by atoms with van der Waals surface area (Å²) in [5.41, 5.74) is -0.955. The highest BCUT2D eigenvalue weighted by Gasteiger charge is 2.53. The summed E-state index contributed by atoms with van der Waals surface area (Å²) in [6.45, 7) is 5.44. The van der Waals surface area contributed by atoms with Crippen LogP contribution in [0.3, 0.4) is 0 Å². The number of benzene rings is 1. The molecule has 158 valence electrons. The molecule has 1 saturated heterocycles. The van der Waals surface area contributed by atoms with E-state index in [2.05, 4.69) is 26.1 Å². The molecule has 0 atom stereocenters. The van der Waals surface area contributed by atoms with Crippen LogP contribution in [0, 0.1) is 23.0 Å². The molecule has 1 spiro atoms. The maximum absolute atomic E-state index is 13.6. The maximum atomic E-state index is 13.6. The maximum Gasteiger partial charge on any atom is 0.326 e. The Bertz CT molecular complexity index is 826. The number of ether oxygens (including phenoxy) is 1. The Balaban J connectivity index is 1.59. The molecule has 1 saturated carbocycles. The highest BCUT2D eigenvalue weighted by Crippen LogP contribution is 2.43. The lowest BCUT2D eigenvalue weighted by atomic mass is 9.67. The molecule has 2 fully saturated rings. The molecule has 0 bridgehead atoms. The molecule has 3 rings (SSSR count). The van der Waals surface area contributed by atoms with Crippen LogP contribution in [0.5, 0.6) is 0 Å². The van der Waals surface area contributed by atoms with Crippen molar-refractivity contribution in [2.75, 3.05) is 6.54 Å². The van der Waals surface area contributed by atoms with Gasteiger partial charge in [-0.25, -0.2) is 13.6 Å². The first-order valence-corrected chi connectivity index (χ1v) is 9.76. The minimum atomic E-state index is -1.09. The number of nitrogens with one attached hydrogen (secondary N) is 1. The fraction of sp³-hybridized carbons (Fsp3) is 0.571. The molecule has 1 aromatic carbocycles. The van der Waals surface area contributed by atoms with Crippen LogP contribution < -0.4 is 5.32 Å². The van der Waals surface area contributed by atoms with E-state index < -0.39 is 48.2 Å². The Hall–Kier alpha value is -2.51. The second-order valence-corrected chi connectivity index (χ2v) is 8.92. The van der Waals surface area contributed by atoms with Crippen molar-refractivity contribution in [3.05, 3.63) is 35.4 Å². The smallest absolute Gasteiger partial charge is 0.326 e. The van der Waals surface area contributed by atoms with Crippen LogP contribution in [0.25, 0.3) is 0 Å². The number of urea groups is 1. The predicted octanol–water partition coefficient (Wildman–Crippen LogP) is 3.53. The van der Waals surface area contributed by atoms with Crippen molar-refractivity contribution in [2.45, 2.75) is 58.6 Å². The molecule has 1 aliphatic heterocycles. The molecule has 6 nitrogen and oxygen atoms in total. The van der Waals surface area contributed by atoms with E-state index in [1.54, 1.807) is 0 Å². The van der Waals surface area contributed by atoms with Crippen LogP contribution in [0.15, 0.2) is 18.2 Å². The highest BCUT2D eigenvalue weighted by molar-refractivity contribution is 6.08. The average Bonchev–Trinajstić information content (AvgIpc) is 2.86. The number of imide groups is 1. The summed E-state index contributed by atoms with van der Waals surface area (Å²) < 4.78 is 31.8. The van der Waals surface area contributed by atoms with Crippen molar-refractivity contribution in [2.24, 2.45) is 11.3 Å². The number of rotatable bonds is 4. The topological polar surface area (TPSA) is 75.7 Å². The molecule has 2 aliphatic rings. The zero-order valence-electron chi connectivity index (χ0n) is 16.9. The summed E-state index contributed by atoms with van der Waals surface area (Å²) in [6.07, 6.45) is 2.68. The number of nitrogens with zero attached hydrogens (tertiary/aromatic N) is 1. The molecule has 1 aromatic rings. The highest BCUT2D eigenvalue weighted by atomic mass is 19.2. The standard InChI is InChI=1S/C21H26F2N2O4/c1-20(2,3)14-7-9-21(10-8-14)18(27)25(19(28)24-21)11-16(26)29-12-13-5-4-6-15(22)17(13)23/h4-6,14H,7-12H2,1-3H3,(H,24,28). The van der Waals surface area contributed by atoms with Crippen molar-refractivity contribution in [3.8, 4) is 0 Å². The molecule has 0 radical (unpaired) electrons. The zero-order chi connectivity index (χ0) is 21.4. The van der Waals surface area contributed by atoms with Crippen molar-refractivity contribution in [1.29, 1.82) is 0 Å². The van der Waals surface area contributed by atoms with Gasteiger partial charge in [0.25, 0.3) is 5.91 Å². The van der Waals surface area contributed by atoms with Crippen molar-refractivity contribution < 1.29 is 27.9 Å². The number of esters is 1. The summed E-state index contributed by atoms with van der Waals surface area (Å²) in [6, 6.07) is 2.93. The Kier molecular flexibility index (Phi) is 5.65. The van der Waals surface area contributed by atoms with E-state index in [0.29, 0.717) is 18.8 Å². The second-order valence-electron chi connectivity index (χ2n) is 8.92. The van der Waals surface area contributed by atoms with E-state index in [0.717, 1.165) is 23.8 Å². The van der Waals surface area contributed by atoms with Gasteiger partial charge in [-0.05, 0) is 43.1 Å². The van der Waals surface area contributed by atoms with Crippen molar-refractivity contribution >= 4 is 17.9 Å². The zero-order valence-corrected chi connectivity index (χ0v) is 16.9. The van der Waals surface area contributed by atoms with Gasteiger partial charge in [0.2, 0.25) is 0 Å². The average molecular weight is 408 g/mol. The summed E-state index contributed by atoms with van der Waals surface area (Å²) in [5.74, 6) is -2.97. The monoisotopic (exact) mass is 408 g/mol. The molecule has 3 amide bonds. The molecule has 8 heteroatoms. The normalized spacial score (nSPS) is 24.7. The lowest BCUT2D eigenvalue weighted by Gasteiger charge is -2.40. The predicted molar refractivity (Wildman–Crippen MR) is 101 cm³/mol. The van der Waals surface area contributed by atoms with E-state index >= 15 is 0 Å². The molecule has 0 aromatic heterocycles. The number of carbonyl (C=O) groups is 3. The van der Waals surface area contributed by atoms with Crippen LogP contribution in [0.1, 0.15) is 52.0 Å². The molecule has 1 N–H and O–H groups in total. The van der Waals surface area contributed by atoms with Gasteiger partial charge < -0.3 is 10.1 Å². The Labute approximate surface area is 168 Å². The first kappa shape index (κ1) is 21.2. The van der Waals surface area contributed by atoms with Gasteiger partial charge in [0.05, 0.1) is 0 Å². The van der Waals surface area contributed by atoms with E-state index in [1.807, 2.05) is 0 Å². The van der Waals surface area contributed by atoms with E-state index in [1.165, 1.54) is 12.1 Å². The van der Waals surface area contributed by atoms with Crippen LogP contribution >= 0.6 is 0 Å². The Morgan fingerprint density at radius 3 is 2.52 bits per heavy atom. The molecule has 29 heavy (non-hydrogen) atoms. The van der Waals surface area contributed by atoms with Gasteiger partial charge in [0.15, 0.2) is 11.6 Å². The van der Waals surface area contributed by atoms with Crippen LogP contribution in [-0.2, 0) is 20.9 Å². The van der Waals surface area contributed by atoms with E-state index in [9.17, 15) is 23.2 Å². The lowest BCUT2D eigenvalue weighted by Crippen LogP contribution is -2.50. The molecule has 0 unspecified atom stereocenters. The third kappa shape index (κ3) is 4.26. The largest absolute Gasteiger partial charge is 0.459 e. The van der Waals surface area contributed by atoms with Crippen molar-refractivity contribution in [1.82, 2.24) is 10.2 Å². The summed E-state index contributed by atoms with van der Waals surface area (Å²) in [5, 5.41) is 2.76. The van der Waals surface area contributed by atoms with Gasteiger partial charge in [-0.3, -0.25) is 14.5 Å². The van der Waals surface area contributed by atoms with Crippen LogP contribution in [0.2, 0.25) is 0 Å². The Morgan fingerprint density at radius 1 is 1.24 bits per heavy atom. The Morgan fingerprint density at radius 2 is 1.90 bits per heavy atom. The summed E-state index contributed by atoms with van der Waals surface area (Å²) >= 11 is 0. The first-order valence-electron chi connectivity index (χ1n) is 9.76. The minimum absolute atomic E-state index is 0.118. The first-order chi connectivity index (χ1) is 13.5. The number of carbonyl (C=O) groups excluding carboxylic acids is 3.